The molecule has 16 heavy (non-hydrogen) atoms. The maximum absolute atomic E-state index is 11.9. The van der Waals surface area contributed by atoms with Crippen molar-refractivity contribution in [2.75, 3.05) is 0 Å². The molecule has 0 aliphatic carbocycles. The number of halogens is 1. The number of ketones is 1. The predicted molar refractivity (Wildman–Crippen MR) is 71.2 cm³/mol. The first kappa shape index (κ1) is 11.6. The minimum Gasteiger partial charge on any atom is -0.294 e. The second-order valence-electron chi connectivity index (χ2n) is 3.67. The molecule has 1 heterocycles. The van der Waals surface area contributed by atoms with Gasteiger partial charge in [-0.3, -0.25) is 4.79 Å². The SMILES string of the molecule is Cc1cc(C(=O)Cc2ccc(Br)cc2)cs1. The van der Waals surface area contributed by atoms with E-state index in [1.807, 2.05) is 42.6 Å². The summed E-state index contributed by atoms with van der Waals surface area (Å²) in [5, 5.41) is 1.93. The molecule has 0 amide bonds. The summed E-state index contributed by atoms with van der Waals surface area (Å²) in [6, 6.07) is 9.82. The van der Waals surface area contributed by atoms with Gasteiger partial charge in [0.05, 0.1) is 0 Å². The fourth-order valence-corrected chi connectivity index (χ4v) is 2.45. The van der Waals surface area contributed by atoms with E-state index in [9.17, 15) is 4.79 Å². The lowest BCUT2D eigenvalue weighted by atomic mass is 10.1. The summed E-state index contributed by atoms with van der Waals surface area (Å²) in [7, 11) is 0. The van der Waals surface area contributed by atoms with Crippen molar-refractivity contribution in [1.82, 2.24) is 0 Å². The highest BCUT2D eigenvalue weighted by Gasteiger charge is 2.08. The molecule has 1 aromatic heterocycles. The minimum atomic E-state index is 0.187. The van der Waals surface area contributed by atoms with Crippen LogP contribution in [0.4, 0.5) is 0 Å². The lowest BCUT2D eigenvalue weighted by Gasteiger charge is -1.99. The number of thiophene rings is 1. The average Bonchev–Trinajstić information content (AvgIpc) is 2.68. The monoisotopic (exact) mass is 294 g/mol. The third-order valence-electron chi connectivity index (χ3n) is 2.33. The van der Waals surface area contributed by atoms with Crippen molar-refractivity contribution >= 4 is 33.0 Å². The summed E-state index contributed by atoms with van der Waals surface area (Å²) >= 11 is 4.99. The Hall–Kier alpha value is -0.930. The zero-order valence-electron chi connectivity index (χ0n) is 8.87. The molecule has 0 aliphatic rings. The third-order valence-corrected chi connectivity index (χ3v) is 3.72. The summed E-state index contributed by atoms with van der Waals surface area (Å²) in [6.07, 6.45) is 0.476. The van der Waals surface area contributed by atoms with E-state index in [0.717, 1.165) is 15.6 Å². The minimum absolute atomic E-state index is 0.187. The largest absolute Gasteiger partial charge is 0.294 e. The molecule has 0 saturated heterocycles. The van der Waals surface area contributed by atoms with E-state index in [1.54, 1.807) is 11.3 Å². The molecular weight excluding hydrogens is 284 g/mol. The number of rotatable bonds is 3. The fourth-order valence-electron chi connectivity index (χ4n) is 1.48. The van der Waals surface area contributed by atoms with Crippen LogP contribution in [0.3, 0.4) is 0 Å². The molecule has 0 bridgehead atoms. The molecule has 0 saturated carbocycles. The van der Waals surface area contributed by atoms with Gasteiger partial charge in [0.2, 0.25) is 0 Å². The summed E-state index contributed by atoms with van der Waals surface area (Å²) in [4.78, 5) is 13.1. The zero-order valence-corrected chi connectivity index (χ0v) is 11.3. The van der Waals surface area contributed by atoms with E-state index >= 15 is 0 Å². The van der Waals surface area contributed by atoms with Gasteiger partial charge in [-0.15, -0.1) is 11.3 Å². The van der Waals surface area contributed by atoms with Gasteiger partial charge < -0.3 is 0 Å². The molecule has 3 heteroatoms. The first-order valence-electron chi connectivity index (χ1n) is 4.98. The standard InChI is InChI=1S/C13H11BrOS/c1-9-6-11(8-16-9)13(15)7-10-2-4-12(14)5-3-10/h2-6,8H,7H2,1H3. The van der Waals surface area contributed by atoms with Gasteiger partial charge in [-0.05, 0) is 30.7 Å². The van der Waals surface area contributed by atoms with E-state index in [0.29, 0.717) is 6.42 Å². The van der Waals surface area contributed by atoms with E-state index < -0.39 is 0 Å². The fraction of sp³-hybridized carbons (Fsp3) is 0.154. The van der Waals surface area contributed by atoms with E-state index in [4.69, 9.17) is 0 Å². The number of benzene rings is 1. The van der Waals surface area contributed by atoms with Gasteiger partial charge in [-0.25, -0.2) is 0 Å². The van der Waals surface area contributed by atoms with Gasteiger partial charge in [0.15, 0.2) is 5.78 Å². The summed E-state index contributed by atoms with van der Waals surface area (Å²) in [6.45, 7) is 2.01. The Labute approximate surface area is 107 Å². The van der Waals surface area contributed by atoms with Gasteiger partial charge in [-0.2, -0.15) is 0 Å². The molecule has 0 radical (unpaired) electrons. The molecule has 0 fully saturated rings. The Bertz CT molecular complexity index is 499. The second kappa shape index (κ2) is 4.93. The molecule has 0 spiro atoms. The summed E-state index contributed by atoms with van der Waals surface area (Å²) in [5.74, 6) is 0.187. The number of carbonyl (C=O) groups is 1. The van der Waals surface area contributed by atoms with Gasteiger partial charge in [0, 0.05) is 26.7 Å². The molecule has 2 rings (SSSR count). The molecule has 2 aromatic rings. The van der Waals surface area contributed by atoms with Gasteiger partial charge >= 0.3 is 0 Å². The van der Waals surface area contributed by atoms with Crippen LogP contribution in [0.5, 0.6) is 0 Å². The second-order valence-corrected chi connectivity index (χ2v) is 5.70. The van der Waals surface area contributed by atoms with Crippen molar-refractivity contribution in [3.63, 3.8) is 0 Å². The van der Waals surface area contributed by atoms with E-state index in [2.05, 4.69) is 15.9 Å². The van der Waals surface area contributed by atoms with Crippen LogP contribution in [0.25, 0.3) is 0 Å². The van der Waals surface area contributed by atoms with Crippen LogP contribution in [0.2, 0.25) is 0 Å². The average molecular weight is 295 g/mol. The molecule has 0 atom stereocenters. The highest BCUT2D eigenvalue weighted by atomic mass is 79.9. The maximum atomic E-state index is 11.9. The van der Waals surface area contributed by atoms with Gasteiger partial charge in [0.1, 0.15) is 0 Å². The number of aryl methyl sites for hydroxylation is 1. The van der Waals surface area contributed by atoms with Crippen LogP contribution in [-0.4, -0.2) is 5.78 Å². The van der Waals surface area contributed by atoms with E-state index in [1.165, 1.54) is 4.88 Å². The Balaban J connectivity index is 2.10. The van der Waals surface area contributed by atoms with Gasteiger partial charge in [-0.1, -0.05) is 28.1 Å². The smallest absolute Gasteiger partial charge is 0.168 e. The quantitative estimate of drug-likeness (QED) is 0.774. The highest BCUT2D eigenvalue weighted by Crippen LogP contribution is 2.16. The molecule has 82 valence electrons. The van der Waals surface area contributed by atoms with Crippen LogP contribution >= 0.6 is 27.3 Å². The number of hydrogen-bond donors (Lipinski definition) is 0. The van der Waals surface area contributed by atoms with Crippen LogP contribution in [0.15, 0.2) is 40.2 Å². The lowest BCUT2D eigenvalue weighted by molar-refractivity contribution is 0.0993. The van der Waals surface area contributed by atoms with Crippen molar-refractivity contribution < 1.29 is 4.79 Å². The van der Waals surface area contributed by atoms with Crippen molar-refractivity contribution in [3.8, 4) is 0 Å². The maximum Gasteiger partial charge on any atom is 0.168 e. The predicted octanol–water partition coefficient (Wildman–Crippen LogP) is 4.24. The van der Waals surface area contributed by atoms with Crippen molar-refractivity contribution in [3.05, 3.63) is 56.2 Å². The van der Waals surface area contributed by atoms with Crippen LogP contribution < -0.4 is 0 Å². The number of Topliss-reactive ketones (excluding diaryl/α,β-unsaturated/α-hetero) is 1. The molecular formula is C13H11BrOS. The van der Waals surface area contributed by atoms with Crippen molar-refractivity contribution in [2.45, 2.75) is 13.3 Å². The first-order valence-corrected chi connectivity index (χ1v) is 6.65. The Kier molecular flexibility index (Phi) is 3.56. The Morgan fingerprint density at radius 1 is 1.31 bits per heavy atom. The van der Waals surface area contributed by atoms with Crippen LogP contribution in [0, 0.1) is 6.92 Å². The Morgan fingerprint density at radius 3 is 2.56 bits per heavy atom. The van der Waals surface area contributed by atoms with Crippen molar-refractivity contribution in [1.29, 1.82) is 0 Å². The normalized spacial score (nSPS) is 10.4. The van der Waals surface area contributed by atoms with Crippen LogP contribution in [-0.2, 0) is 6.42 Å². The molecule has 1 nitrogen and oxygen atoms in total. The lowest BCUT2D eigenvalue weighted by Crippen LogP contribution is -2.01. The van der Waals surface area contributed by atoms with E-state index in [-0.39, 0.29) is 5.78 Å². The van der Waals surface area contributed by atoms with Gasteiger partial charge in [0.25, 0.3) is 0 Å². The molecule has 0 N–H and O–H groups in total. The summed E-state index contributed by atoms with van der Waals surface area (Å²) < 4.78 is 1.04. The number of carbonyl (C=O) groups excluding carboxylic acids is 1. The number of hydrogen-bond acceptors (Lipinski definition) is 2. The highest BCUT2D eigenvalue weighted by molar-refractivity contribution is 9.10. The topological polar surface area (TPSA) is 17.1 Å². The third kappa shape index (κ3) is 2.80. The Morgan fingerprint density at radius 2 is 2.00 bits per heavy atom. The molecule has 0 aliphatic heterocycles. The van der Waals surface area contributed by atoms with Crippen molar-refractivity contribution in [2.24, 2.45) is 0 Å². The molecule has 1 aromatic carbocycles. The first-order chi connectivity index (χ1) is 7.65. The zero-order chi connectivity index (χ0) is 11.5. The molecule has 0 unspecified atom stereocenters. The van der Waals surface area contributed by atoms with Crippen LogP contribution in [0.1, 0.15) is 20.8 Å². The summed E-state index contributed by atoms with van der Waals surface area (Å²) in [5.41, 5.74) is 1.88.